The molecule has 2 heterocycles. The number of unbranched alkanes of at least 4 members (excludes halogenated alkanes) is 1. The van der Waals surface area contributed by atoms with Crippen molar-refractivity contribution >= 4 is 33.4 Å². The quantitative estimate of drug-likeness (QED) is 0.558. The van der Waals surface area contributed by atoms with Crippen LogP contribution in [0.1, 0.15) is 34.6 Å². The number of fused-ring (bicyclic) bond motifs is 1. The number of aryl methyl sites for hydroxylation is 1. The lowest BCUT2D eigenvalue weighted by molar-refractivity contribution is -0.132. The van der Waals surface area contributed by atoms with Gasteiger partial charge in [0.25, 0.3) is 5.91 Å². The smallest absolute Gasteiger partial charge is 0.254 e. The fourth-order valence-corrected chi connectivity index (χ4v) is 4.71. The molecule has 3 aromatic rings. The molecule has 1 fully saturated rings. The Morgan fingerprint density at radius 2 is 1.73 bits per heavy atom. The van der Waals surface area contributed by atoms with Crippen molar-refractivity contribution in [1.82, 2.24) is 14.8 Å². The van der Waals surface area contributed by atoms with Gasteiger partial charge in [-0.3, -0.25) is 9.59 Å². The van der Waals surface area contributed by atoms with Gasteiger partial charge in [-0.15, -0.1) is 11.3 Å². The lowest BCUT2D eigenvalue weighted by Gasteiger charge is -2.35. The van der Waals surface area contributed by atoms with Crippen LogP contribution in [0, 0.1) is 5.82 Å². The van der Waals surface area contributed by atoms with E-state index < -0.39 is 5.82 Å². The van der Waals surface area contributed by atoms with Crippen LogP contribution in [-0.4, -0.2) is 52.8 Å². The van der Waals surface area contributed by atoms with Gasteiger partial charge in [0.05, 0.1) is 15.2 Å². The largest absolute Gasteiger partial charge is 0.339 e. The molecule has 0 saturated carbocycles. The molecule has 0 radical (unpaired) electrons. The number of rotatable bonds is 6. The van der Waals surface area contributed by atoms with Gasteiger partial charge in [0.15, 0.2) is 0 Å². The van der Waals surface area contributed by atoms with Crippen LogP contribution in [0.4, 0.5) is 4.39 Å². The highest BCUT2D eigenvalue weighted by Gasteiger charge is 2.24. The van der Waals surface area contributed by atoms with E-state index in [1.165, 1.54) is 22.9 Å². The van der Waals surface area contributed by atoms with Crippen molar-refractivity contribution in [3.63, 3.8) is 0 Å². The number of thiazole rings is 1. The Hall–Kier alpha value is -2.80. The number of hydrogen-bond acceptors (Lipinski definition) is 4. The molecule has 0 aliphatic carbocycles. The van der Waals surface area contributed by atoms with Crippen molar-refractivity contribution in [2.45, 2.75) is 25.7 Å². The Balaban J connectivity index is 1.19. The molecular formula is C23H24FN3O2S. The molecule has 0 spiro atoms. The van der Waals surface area contributed by atoms with Gasteiger partial charge in [-0.1, -0.05) is 18.2 Å². The summed E-state index contributed by atoms with van der Waals surface area (Å²) in [6.45, 7) is 2.01. The number of amides is 2. The second kappa shape index (κ2) is 9.34. The molecule has 0 unspecified atom stereocenters. The summed E-state index contributed by atoms with van der Waals surface area (Å²) >= 11 is 1.72. The highest BCUT2D eigenvalue weighted by molar-refractivity contribution is 7.18. The number of para-hydroxylation sites is 1. The molecule has 2 amide bonds. The summed E-state index contributed by atoms with van der Waals surface area (Å²) in [6, 6.07) is 13.9. The number of halogens is 1. The molecule has 156 valence electrons. The fraction of sp³-hybridized carbons (Fsp3) is 0.348. The SMILES string of the molecule is O=C(CCCCc1nc2ccccc2s1)N1CCN(C(=O)c2cccc(F)c2)CC1. The van der Waals surface area contributed by atoms with E-state index in [4.69, 9.17) is 0 Å². The van der Waals surface area contributed by atoms with Crippen molar-refractivity contribution in [3.8, 4) is 0 Å². The zero-order valence-electron chi connectivity index (χ0n) is 16.7. The fourth-order valence-electron chi connectivity index (χ4n) is 3.70. The van der Waals surface area contributed by atoms with Gasteiger partial charge in [0, 0.05) is 38.2 Å². The minimum Gasteiger partial charge on any atom is -0.339 e. The van der Waals surface area contributed by atoms with Gasteiger partial charge >= 0.3 is 0 Å². The lowest BCUT2D eigenvalue weighted by atomic mass is 10.1. The summed E-state index contributed by atoms with van der Waals surface area (Å²) in [5.74, 6) is -0.463. The Morgan fingerprint density at radius 3 is 2.50 bits per heavy atom. The standard InChI is InChI=1S/C23H24FN3O2S/c24-18-7-5-6-17(16-18)23(29)27-14-12-26(13-15-27)22(28)11-4-3-10-21-25-19-8-1-2-9-20(19)30-21/h1-2,5-9,16H,3-4,10-15H2. The molecule has 2 aromatic carbocycles. The molecule has 0 bridgehead atoms. The van der Waals surface area contributed by atoms with Crippen molar-refractivity contribution in [3.05, 3.63) is 64.9 Å². The van der Waals surface area contributed by atoms with Crippen LogP contribution in [0.25, 0.3) is 10.2 Å². The van der Waals surface area contributed by atoms with Crippen LogP contribution in [0.15, 0.2) is 48.5 Å². The zero-order valence-corrected chi connectivity index (χ0v) is 17.5. The molecule has 30 heavy (non-hydrogen) atoms. The van der Waals surface area contributed by atoms with E-state index in [1.807, 2.05) is 23.1 Å². The third-order valence-electron chi connectivity index (χ3n) is 5.36. The normalized spacial score (nSPS) is 14.3. The van der Waals surface area contributed by atoms with Gasteiger partial charge in [0.2, 0.25) is 5.91 Å². The van der Waals surface area contributed by atoms with E-state index in [0.29, 0.717) is 38.2 Å². The van der Waals surface area contributed by atoms with E-state index in [0.717, 1.165) is 29.8 Å². The van der Waals surface area contributed by atoms with Gasteiger partial charge in [-0.05, 0) is 49.6 Å². The molecule has 1 aromatic heterocycles. The summed E-state index contributed by atoms with van der Waals surface area (Å²) in [5.41, 5.74) is 1.39. The predicted molar refractivity (Wildman–Crippen MR) is 116 cm³/mol. The van der Waals surface area contributed by atoms with Gasteiger partial charge in [-0.25, -0.2) is 9.37 Å². The number of carbonyl (C=O) groups excluding carboxylic acids is 2. The molecule has 0 N–H and O–H groups in total. The first-order chi connectivity index (χ1) is 14.6. The Kier molecular flexibility index (Phi) is 6.38. The number of hydrogen-bond donors (Lipinski definition) is 0. The van der Waals surface area contributed by atoms with E-state index in [9.17, 15) is 14.0 Å². The number of carbonyl (C=O) groups is 2. The maximum absolute atomic E-state index is 13.3. The Morgan fingerprint density at radius 1 is 0.967 bits per heavy atom. The van der Waals surface area contributed by atoms with Gasteiger partial charge in [-0.2, -0.15) is 0 Å². The lowest BCUT2D eigenvalue weighted by Crippen LogP contribution is -2.50. The third-order valence-corrected chi connectivity index (χ3v) is 6.46. The molecule has 7 heteroatoms. The summed E-state index contributed by atoms with van der Waals surface area (Å²) in [6.07, 6.45) is 3.17. The van der Waals surface area contributed by atoms with Crippen molar-refractivity contribution in [2.24, 2.45) is 0 Å². The molecule has 1 saturated heterocycles. The van der Waals surface area contributed by atoms with E-state index >= 15 is 0 Å². The van der Waals surface area contributed by atoms with E-state index in [1.54, 1.807) is 22.3 Å². The Labute approximate surface area is 179 Å². The molecular weight excluding hydrogens is 401 g/mol. The first kappa shape index (κ1) is 20.5. The zero-order chi connectivity index (χ0) is 20.9. The van der Waals surface area contributed by atoms with Crippen LogP contribution in [0.2, 0.25) is 0 Å². The average molecular weight is 426 g/mol. The minimum atomic E-state index is -0.416. The van der Waals surface area contributed by atoms with Crippen LogP contribution >= 0.6 is 11.3 Å². The van der Waals surface area contributed by atoms with E-state index in [-0.39, 0.29) is 11.8 Å². The monoisotopic (exact) mass is 425 g/mol. The highest BCUT2D eigenvalue weighted by Crippen LogP contribution is 2.23. The molecule has 1 aliphatic heterocycles. The minimum absolute atomic E-state index is 0.136. The first-order valence-electron chi connectivity index (χ1n) is 10.3. The van der Waals surface area contributed by atoms with Gasteiger partial charge in [0.1, 0.15) is 5.82 Å². The number of nitrogens with zero attached hydrogens (tertiary/aromatic N) is 3. The second-order valence-corrected chi connectivity index (χ2v) is 8.58. The number of benzene rings is 2. The summed E-state index contributed by atoms with van der Waals surface area (Å²) in [5, 5.41) is 1.12. The molecule has 1 aliphatic rings. The molecule has 4 rings (SSSR count). The topological polar surface area (TPSA) is 53.5 Å². The van der Waals surface area contributed by atoms with Crippen molar-refractivity contribution in [1.29, 1.82) is 0 Å². The van der Waals surface area contributed by atoms with Crippen molar-refractivity contribution in [2.75, 3.05) is 26.2 Å². The maximum atomic E-state index is 13.3. The van der Waals surface area contributed by atoms with Crippen LogP contribution in [-0.2, 0) is 11.2 Å². The second-order valence-electron chi connectivity index (χ2n) is 7.47. The predicted octanol–water partition coefficient (Wildman–Crippen LogP) is 4.13. The average Bonchev–Trinajstić information content (AvgIpc) is 3.19. The summed E-state index contributed by atoms with van der Waals surface area (Å²) in [7, 11) is 0. The summed E-state index contributed by atoms with van der Waals surface area (Å²) < 4.78 is 14.5. The van der Waals surface area contributed by atoms with Crippen LogP contribution < -0.4 is 0 Å². The third kappa shape index (κ3) is 4.84. The van der Waals surface area contributed by atoms with Crippen LogP contribution in [0.5, 0.6) is 0 Å². The Bertz CT molecular complexity index is 1010. The molecule has 0 atom stereocenters. The summed E-state index contributed by atoms with van der Waals surface area (Å²) in [4.78, 5) is 33.1. The molecule has 5 nitrogen and oxygen atoms in total. The number of aromatic nitrogens is 1. The first-order valence-corrected chi connectivity index (χ1v) is 11.1. The van der Waals surface area contributed by atoms with Crippen molar-refractivity contribution < 1.29 is 14.0 Å². The van der Waals surface area contributed by atoms with E-state index in [2.05, 4.69) is 11.1 Å². The van der Waals surface area contributed by atoms with Crippen LogP contribution in [0.3, 0.4) is 0 Å². The maximum Gasteiger partial charge on any atom is 0.254 e. The van der Waals surface area contributed by atoms with Gasteiger partial charge < -0.3 is 9.80 Å². The number of piperazine rings is 1. The highest BCUT2D eigenvalue weighted by atomic mass is 32.1.